The lowest BCUT2D eigenvalue weighted by atomic mass is 9.89. The smallest absolute Gasteiger partial charge is 0.166 e. The lowest BCUT2D eigenvalue weighted by Crippen LogP contribution is -2.33. The van der Waals surface area contributed by atoms with E-state index in [0.717, 1.165) is 42.9 Å². The zero-order valence-electron chi connectivity index (χ0n) is 15.1. The van der Waals surface area contributed by atoms with Gasteiger partial charge in [0.2, 0.25) is 0 Å². The van der Waals surface area contributed by atoms with Crippen molar-refractivity contribution in [2.45, 2.75) is 12.8 Å². The van der Waals surface area contributed by atoms with Gasteiger partial charge in [-0.1, -0.05) is 48.5 Å². The molecule has 4 rings (SSSR count). The van der Waals surface area contributed by atoms with Gasteiger partial charge in [-0.3, -0.25) is 4.79 Å². The minimum Gasteiger partial charge on any atom is -0.355 e. The average molecular weight is 344 g/mol. The number of Topliss-reactive ketones (excluding diaryl/α,β-unsaturated/α-hetero) is 1. The average Bonchev–Trinajstić information content (AvgIpc) is 2.69. The molecule has 0 radical (unpaired) electrons. The number of piperidine rings is 1. The molecule has 132 valence electrons. The first-order chi connectivity index (χ1) is 12.7. The van der Waals surface area contributed by atoms with E-state index in [9.17, 15) is 4.79 Å². The molecular formula is C23H24N2O. The third-order valence-electron chi connectivity index (χ3n) is 5.31. The number of carbonyl (C=O) groups excluding carboxylic acids is 1. The highest BCUT2D eigenvalue weighted by Gasteiger charge is 2.24. The highest BCUT2D eigenvalue weighted by molar-refractivity contribution is 5.99. The van der Waals surface area contributed by atoms with Crippen LogP contribution in [0.5, 0.6) is 0 Å². The molecule has 0 bridgehead atoms. The van der Waals surface area contributed by atoms with Crippen molar-refractivity contribution in [1.29, 1.82) is 0 Å². The van der Waals surface area contributed by atoms with Crippen LogP contribution in [-0.2, 0) is 0 Å². The predicted molar refractivity (Wildman–Crippen MR) is 108 cm³/mol. The molecule has 3 aromatic rings. The van der Waals surface area contributed by atoms with Gasteiger partial charge in [-0.2, -0.15) is 0 Å². The molecule has 1 N–H and O–H groups in total. The van der Waals surface area contributed by atoms with E-state index in [-0.39, 0.29) is 11.7 Å². The molecule has 1 heterocycles. The van der Waals surface area contributed by atoms with Gasteiger partial charge in [-0.05, 0) is 56.6 Å². The van der Waals surface area contributed by atoms with Crippen molar-refractivity contribution < 1.29 is 4.79 Å². The van der Waals surface area contributed by atoms with Crippen molar-refractivity contribution in [2.24, 2.45) is 5.92 Å². The normalized spacial score (nSPS) is 15.9. The van der Waals surface area contributed by atoms with Crippen LogP contribution in [0, 0.1) is 5.92 Å². The summed E-state index contributed by atoms with van der Waals surface area (Å²) in [5.41, 5.74) is 2.83. The van der Waals surface area contributed by atoms with Crippen LogP contribution in [-0.4, -0.2) is 30.8 Å². The number of anilines is 2. The summed E-state index contributed by atoms with van der Waals surface area (Å²) in [7, 11) is 2.12. The molecule has 3 heteroatoms. The standard InChI is InChI=1S/C23H24N2O/c1-25-14-12-18(13-15-25)23(26)19-8-4-9-20(16-19)24-22-11-5-7-17-6-2-3-10-21(17)22/h2-11,16,18,24H,12-15H2,1H3. The van der Waals surface area contributed by atoms with Crippen LogP contribution < -0.4 is 5.32 Å². The van der Waals surface area contributed by atoms with Gasteiger partial charge in [-0.15, -0.1) is 0 Å². The predicted octanol–water partition coefficient (Wildman–Crippen LogP) is 5.11. The van der Waals surface area contributed by atoms with Crippen molar-refractivity contribution >= 4 is 27.9 Å². The zero-order chi connectivity index (χ0) is 17.9. The Labute approximate surface area is 154 Å². The maximum absolute atomic E-state index is 12.9. The van der Waals surface area contributed by atoms with Gasteiger partial charge in [-0.25, -0.2) is 0 Å². The number of likely N-dealkylation sites (tertiary alicyclic amines) is 1. The molecule has 26 heavy (non-hydrogen) atoms. The lowest BCUT2D eigenvalue weighted by molar-refractivity contribution is 0.0857. The number of benzene rings is 3. The second kappa shape index (κ2) is 7.30. The Hall–Kier alpha value is -2.65. The van der Waals surface area contributed by atoms with Crippen LogP contribution in [0.15, 0.2) is 66.7 Å². The van der Waals surface area contributed by atoms with E-state index in [0.29, 0.717) is 0 Å². The van der Waals surface area contributed by atoms with Gasteiger partial charge in [0.1, 0.15) is 0 Å². The molecular weight excluding hydrogens is 320 g/mol. The minimum atomic E-state index is 0.152. The molecule has 0 amide bonds. The van der Waals surface area contributed by atoms with Gasteiger partial charge in [0.05, 0.1) is 0 Å². The molecule has 1 aliphatic heterocycles. The molecule has 1 aliphatic rings. The molecule has 0 saturated carbocycles. The van der Waals surface area contributed by atoms with Gasteiger partial charge in [0.15, 0.2) is 5.78 Å². The number of nitrogens with zero attached hydrogens (tertiary/aromatic N) is 1. The third kappa shape index (κ3) is 3.49. The fourth-order valence-corrected chi connectivity index (χ4v) is 3.75. The Morgan fingerprint density at radius 1 is 0.962 bits per heavy atom. The first-order valence-corrected chi connectivity index (χ1v) is 9.28. The molecule has 1 saturated heterocycles. The van der Waals surface area contributed by atoms with E-state index in [1.165, 1.54) is 10.8 Å². The van der Waals surface area contributed by atoms with E-state index < -0.39 is 0 Å². The highest BCUT2D eigenvalue weighted by atomic mass is 16.1. The van der Waals surface area contributed by atoms with Crippen molar-refractivity contribution in [3.63, 3.8) is 0 Å². The van der Waals surface area contributed by atoms with Crippen LogP contribution >= 0.6 is 0 Å². The first kappa shape index (κ1) is 16.8. The van der Waals surface area contributed by atoms with E-state index >= 15 is 0 Å². The monoisotopic (exact) mass is 344 g/mol. The van der Waals surface area contributed by atoms with Gasteiger partial charge >= 0.3 is 0 Å². The van der Waals surface area contributed by atoms with Crippen LogP contribution in [0.25, 0.3) is 10.8 Å². The van der Waals surface area contributed by atoms with Gasteiger partial charge in [0, 0.05) is 28.2 Å². The molecule has 1 fully saturated rings. The van der Waals surface area contributed by atoms with Crippen LogP contribution in [0.1, 0.15) is 23.2 Å². The van der Waals surface area contributed by atoms with Crippen molar-refractivity contribution in [2.75, 3.05) is 25.5 Å². The largest absolute Gasteiger partial charge is 0.355 e. The van der Waals surface area contributed by atoms with Gasteiger partial charge < -0.3 is 10.2 Å². The van der Waals surface area contributed by atoms with E-state index in [1.807, 2.05) is 36.4 Å². The number of ketones is 1. The maximum atomic E-state index is 12.9. The summed E-state index contributed by atoms with van der Waals surface area (Å²) in [5.74, 6) is 0.429. The second-order valence-electron chi connectivity index (χ2n) is 7.17. The quantitative estimate of drug-likeness (QED) is 0.668. The Kier molecular flexibility index (Phi) is 4.72. The maximum Gasteiger partial charge on any atom is 0.166 e. The summed E-state index contributed by atoms with van der Waals surface area (Å²) < 4.78 is 0. The molecule has 0 atom stereocenters. The zero-order valence-corrected chi connectivity index (χ0v) is 15.1. The number of hydrogen-bond acceptors (Lipinski definition) is 3. The third-order valence-corrected chi connectivity index (χ3v) is 5.31. The Morgan fingerprint density at radius 2 is 1.69 bits per heavy atom. The Morgan fingerprint density at radius 3 is 2.54 bits per heavy atom. The SMILES string of the molecule is CN1CCC(C(=O)c2cccc(Nc3cccc4ccccc34)c2)CC1. The Bertz CT molecular complexity index is 921. The topological polar surface area (TPSA) is 32.3 Å². The first-order valence-electron chi connectivity index (χ1n) is 9.28. The number of hydrogen-bond donors (Lipinski definition) is 1. The van der Waals surface area contributed by atoms with Crippen molar-refractivity contribution in [3.8, 4) is 0 Å². The summed E-state index contributed by atoms with van der Waals surface area (Å²) in [6.07, 6.45) is 1.91. The summed E-state index contributed by atoms with van der Waals surface area (Å²) in [6.45, 7) is 2.01. The molecule has 0 unspecified atom stereocenters. The molecule has 0 aliphatic carbocycles. The second-order valence-corrected chi connectivity index (χ2v) is 7.17. The highest BCUT2D eigenvalue weighted by Crippen LogP contribution is 2.28. The van der Waals surface area contributed by atoms with Crippen LogP contribution in [0.3, 0.4) is 0 Å². The summed E-state index contributed by atoms with van der Waals surface area (Å²) in [6, 6.07) is 22.5. The molecule has 0 aromatic heterocycles. The minimum absolute atomic E-state index is 0.152. The molecule has 3 aromatic carbocycles. The Balaban J connectivity index is 1.57. The summed E-state index contributed by atoms with van der Waals surface area (Å²) in [4.78, 5) is 15.2. The molecule has 0 spiro atoms. The van der Waals surface area contributed by atoms with E-state index in [4.69, 9.17) is 0 Å². The fourth-order valence-electron chi connectivity index (χ4n) is 3.75. The van der Waals surface area contributed by atoms with Crippen LogP contribution in [0.4, 0.5) is 11.4 Å². The van der Waals surface area contributed by atoms with E-state index in [2.05, 4.69) is 47.6 Å². The number of fused-ring (bicyclic) bond motifs is 1. The van der Waals surface area contributed by atoms with E-state index in [1.54, 1.807) is 0 Å². The van der Waals surface area contributed by atoms with Gasteiger partial charge in [0.25, 0.3) is 0 Å². The van der Waals surface area contributed by atoms with Crippen molar-refractivity contribution in [3.05, 3.63) is 72.3 Å². The fraction of sp³-hybridized carbons (Fsp3) is 0.261. The number of carbonyl (C=O) groups is 1. The summed E-state index contributed by atoms with van der Waals surface area (Å²) in [5, 5.41) is 5.88. The summed E-state index contributed by atoms with van der Waals surface area (Å²) >= 11 is 0. The van der Waals surface area contributed by atoms with Crippen molar-refractivity contribution in [1.82, 2.24) is 4.90 Å². The number of rotatable bonds is 4. The van der Waals surface area contributed by atoms with Crippen LogP contribution in [0.2, 0.25) is 0 Å². The lowest BCUT2D eigenvalue weighted by Gasteiger charge is -2.28. The number of nitrogens with one attached hydrogen (secondary N) is 1. The molecule has 3 nitrogen and oxygen atoms in total.